The van der Waals surface area contributed by atoms with Crippen molar-refractivity contribution in [1.82, 2.24) is 4.31 Å². The maximum atomic E-state index is 13.4. The number of nitrogens with zero attached hydrogens (tertiary/aromatic N) is 1. The number of allylic oxidation sites excluding steroid dienone is 2. The molecule has 0 unspecified atom stereocenters. The highest BCUT2D eigenvalue weighted by molar-refractivity contribution is 7.89. The van der Waals surface area contributed by atoms with Gasteiger partial charge in [0.05, 0.1) is 4.90 Å². The highest BCUT2D eigenvalue weighted by atomic mass is 32.2. The summed E-state index contributed by atoms with van der Waals surface area (Å²) in [5, 5.41) is 0. The largest absolute Gasteiger partial charge is 0.443 e. The molecule has 3 aliphatic rings. The summed E-state index contributed by atoms with van der Waals surface area (Å²) in [7, 11) is -4.28. The van der Waals surface area contributed by atoms with Crippen LogP contribution in [-0.4, -0.2) is 30.2 Å². The predicted molar refractivity (Wildman–Crippen MR) is 107 cm³/mol. The first-order chi connectivity index (χ1) is 13.5. The third kappa shape index (κ3) is 3.39. The van der Waals surface area contributed by atoms with Gasteiger partial charge >= 0.3 is 6.09 Å². The van der Waals surface area contributed by atoms with Crippen molar-refractivity contribution in [2.45, 2.75) is 57.5 Å². The molecule has 2 saturated carbocycles. The summed E-state index contributed by atoms with van der Waals surface area (Å²) in [4.78, 5) is 26.2. The number of aryl methyl sites for hydroxylation is 1. The van der Waals surface area contributed by atoms with Gasteiger partial charge in [0.2, 0.25) is 0 Å². The minimum absolute atomic E-state index is 0.0226. The minimum Gasteiger partial charge on any atom is -0.443 e. The second kappa shape index (κ2) is 6.69. The summed E-state index contributed by atoms with van der Waals surface area (Å²) < 4.78 is 32.9. The summed E-state index contributed by atoms with van der Waals surface area (Å²) >= 11 is 0. The Kier molecular flexibility index (Phi) is 4.64. The molecule has 0 N–H and O–H groups in total. The Morgan fingerprint density at radius 1 is 1.10 bits per heavy atom. The Morgan fingerprint density at radius 2 is 1.72 bits per heavy atom. The number of benzene rings is 1. The van der Waals surface area contributed by atoms with E-state index in [4.69, 9.17) is 4.74 Å². The summed E-state index contributed by atoms with van der Waals surface area (Å²) in [5.41, 5.74) is -0.0450. The van der Waals surface area contributed by atoms with E-state index in [0.29, 0.717) is 10.2 Å². The zero-order valence-corrected chi connectivity index (χ0v) is 18.0. The highest BCUT2D eigenvalue weighted by Gasteiger charge is 2.56. The van der Waals surface area contributed by atoms with Crippen molar-refractivity contribution in [2.24, 2.45) is 23.7 Å². The molecule has 1 aromatic carbocycles. The Morgan fingerprint density at radius 3 is 2.31 bits per heavy atom. The van der Waals surface area contributed by atoms with E-state index in [0.717, 1.165) is 24.8 Å². The third-order valence-electron chi connectivity index (χ3n) is 6.22. The van der Waals surface area contributed by atoms with E-state index in [-0.39, 0.29) is 34.1 Å². The fourth-order valence-corrected chi connectivity index (χ4v) is 6.35. The molecule has 4 atom stereocenters. The number of carbonyl (C=O) groups is 2. The lowest BCUT2D eigenvalue weighted by Gasteiger charge is -2.28. The summed E-state index contributed by atoms with van der Waals surface area (Å²) in [6.07, 6.45) is 3.75. The van der Waals surface area contributed by atoms with Crippen LogP contribution in [-0.2, 0) is 19.6 Å². The topological polar surface area (TPSA) is 80.8 Å². The number of hydrogen-bond acceptors (Lipinski definition) is 5. The van der Waals surface area contributed by atoms with Crippen LogP contribution in [0.5, 0.6) is 0 Å². The number of rotatable bonds is 3. The molecule has 2 bridgehead atoms. The van der Waals surface area contributed by atoms with E-state index in [1.165, 1.54) is 12.1 Å². The molecule has 0 radical (unpaired) electrons. The van der Waals surface area contributed by atoms with Crippen molar-refractivity contribution < 1.29 is 22.7 Å². The van der Waals surface area contributed by atoms with Gasteiger partial charge in [0.25, 0.3) is 10.0 Å². The number of Topliss-reactive ketones (excluding diaryl/α,β-unsaturated/α-hetero) is 1. The van der Waals surface area contributed by atoms with Crippen molar-refractivity contribution >= 4 is 21.9 Å². The number of hydrogen-bond donors (Lipinski definition) is 0. The molecular weight excluding hydrogens is 390 g/mol. The average molecular weight is 418 g/mol. The lowest BCUT2D eigenvalue weighted by molar-refractivity contribution is -0.121. The number of sulfonamides is 1. The number of fused-ring (bicyclic) bond motifs is 5. The number of ether oxygens (including phenoxy) is 1. The molecular formula is C22H27NO5S. The normalized spacial score (nSPS) is 28.3. The van der Waals surface area contributed by atoms with Crippen molar-refractivity contribution in [3.8, 4) is 0 Å². The smallest absolute Gasteiger partial charge is 0.429 e. The number of amides is 1. The van der Waals surface area contributed by atoms with Gasteiger partial charge in [0, 0.05) is 5.92 Å². The average Bonchev–Trinajstić information content (AvgIpc) is 3.28. The van der Waals surface area contributed by atoms with E-state index < -0.39 is 21.7 Å². The summed E-state index contributed by atoms with van der Waals surface area (Å²) in [6.45, 7) is 6.85. The maximum absolute atomic E-state index is 13.4. The zero-order chi connectivity index (χ0) is 21.1. The SMILES string of the molecule is Cc1ccc(S(=O)(=O)N(C(=O)OC(C)(C)C)C2=C[C@@H]3[C@H]4CC[C@H](C4)[C@@H]3C2=O)cc1. The van der Waals surface area contributed by atoms with Gasteiger partial charge in [-0.25, -0.2) is 13.2 Å². The number of ketones is 1. The molecule has 0 heterocycles. The fraction of sp³-hybridized carbons (Fsp3) is 0.545. The lowest BCUT2D eigenvalue weighted by Crippen LogP contribution is -2.42. The van der Waals surface area contributed by atoms with E-state index in [1.54, 1.807) is 39.0 Å². The lowest BCUT2D eigenvalue weighted by atomic mass is 9.81. The highest BCUT2D eigenvalue weighted by Crippen LogP contribution is 2.57. The molecule has 2 fully saturated rings. The van der Waals surface area contributed by atoms with Crippen LogP contribution in [0, 0.1) is 30.6 Å². The van der Waals surface area contributed by atoms with E-state index in [2.05, 4.69) is 0 Å². The van der Waals surface area contributed by atoms with Crippen LogP contribution in [0.15, 0.2) is 40.9 Å². The van der Waals surface area contributed by atoms with Crippen LogP contribution in [0.25, 0.3) is 0 Å². The van der Waals surface area contributed by atoms with E-state index >= 15 is 0 Å². The fourth-order valence-electron chi connectivity index (χ4n) is 5.01. The van der Waals surface area contributed by atoms with Gasteiger partial charge in [-0.2, -0.15) is 4.31 Å². The molecule has 1 amide bonds. The van der Waals surface area contributed by atoms with Gasteiger partial charge in [-0.05, 0) is 76.8 Å². The summed E-state index contributed by atoms with van der Waals surface area (Å²) in [5.74, 6) is 0.253. The van der Waals surface area contributed by atoms with Gasteiger partial charge < -0.3 is 4.74 Å². The molecule has 29 heavy (non-hydrogen) atoms. The first kappa shape index (κ1) is 20.1. The first-order valence-electron chi connectivity index (χ1n) is 10.1. The maximum Gasteiger partial charge on any atom is 0.429 e. The molecule has 6 nitrogen and oxygen atoms in total. The van der Waals surface area contributed by atoms with Gasteiger partial charge in [-0.3, -0.25) is 4.79 Å². The van der Waals surface area contributed by atoms with Crippen molar-refractivity contribution in [3.63, 3.8) is 0 Å². The van der Waals surface area contributed by atoms with Gasteiger partial charge in [0.15, 0.2) is 5.78 Å². The van der Waals surface area contributed by atoms with Crippen LogP contribution in [0.2, 0.25) is 0 Å². The molecule has 0 spiro atoms. The quantitative estimate of drug-likeness (QED) is 0.741. The van der Waals surface area contributed by atoms with Crippen LogP contribution in [0.1, 0.15) is 45.6 Å². The Balaban J connectivity index is 1.77. The molecule has 0 saturated heterocycles. The number of carbonyl (C=O) groups excluding carboxylic acids is 2. The third-order valence-corrected chi connectivity index (χ3v) is 7.92. The Bertz CT molecular complexity index is 987. The standard InChI is InChI=1S/C22H27NO5S/c1-13-5-9-16(10-6-13)29(26,27)23(21(25)28-22(2,3)4)18-12-17-14-7-8-15(11-14)19(17)20(18)24/h5-6,9-10,12,14-15,17,19H,7-8,11H2,1-4H3/t14-,15+,17+,19-/m0/s1. The molecule has 7 heteroatoms. The Hall–Kier alpha value is -2.15. The monoisotopic (exact) mass is 417 g/mol. The predicted octanol–water partition coefficient (Wildman–Crippen LogP) is 4.05. The van der Waals surface area contributed by atoms with Crippen molar-refractivity contribution in [2.75, 3.05) is 0 Å². The Labute approximate surface area is 172 Å². The molecule has 156 valence electrons. The van der Waals surface area contributed by atoms with Gasteiger partial charge in [0.1, 0.15) is 11.3 Å². The van der Waals surface area contributed by atoms with Crippen molar-refractivity contribution in [1.29, 1.82) is 0 Å². The van der Waals surface area contributed by atoms with Crippen LogP contribution in [0.3, 0.4) is 0 Å². The van der Waals surface area contributed by atoms with Crippen molar-refractivity contribution in [3.05, 3.63) is 41.6 Å². The van der Waals surface area contributed by atoms with Gasteiger partial charge in [-0.15, -0.1) is 0 Å². The second-order valence-electron chi connectivity index (χ2n) is 9.42. The zero-order valence-electron chi connectivity index (χ0n) is 17.2. The molecule has 1 aromatic rings. The van der Waals surface area contributed by atoms with E-state index in [1.807, 2.05) is 6.92 Å². The molecule has 0 aliphatic heterocycles. The second-order valence-corrected chi connectivity index (χ2v) is 11.2. The van der Waals surface area contributed by atoms with Crippen LogP contribution in [0.4, 0.5) is 4.79 Å². The minimum atomic E-state index is -4.28. The van der Waals surface area contributed by atoms with Crippen LogP contribution < -0.4 is 0 Å². The van der Waals surface area contributed by atoms with E-state index in [9.17, 15) is 18.0 Å². The first-order valence-corrected chi connectivity index (χ1v) is 11.5. The van der Waals surface area contributed by atoms with Crippen LogP contribution >= 0.6 is 0 Å². The molecule has 3 aliphatic carbocycles. The molecule has 4 rings (SSSR count). The van der Waals surface area contributed by atoms with Gasteiger partial charge in [-0.1, -0.05) is 23.8 Å². The summed E-state index contributed by atoms with van der Waals surface area (Å²) in [6, 6.07) is 6.24. The molecule has 0 aromatic heterocycles.